The predicted molar refractivity (Wildman–Crippen MR) is 105 cm³/mol. The maximum Gasteiger partial charge on any atom is 0.0909 e. The fraction of sp³-hybridized carbons (Fsp3) is 0.190. The zero-order chi connectivity index (χ0) is 16.9. The molecule has 3 rings (SSSR count). The van der Waals surface area contributed by atoms with Gasteiger partial charge in [0.05, 0.1) is 12.0 Å². The average Bonchev–Trinajstić information content (AvgIpc) is 2.62. The number of hydrogen-bond donors (Lipinski definition) is 0. The van der Waals surface area contributed by atoms with Gasteiger partial charge >= 0.3 is 0 Å². The quantitative estimate of drug-likeness (QED) is 0.431. The molecule has 0 unspecified atom stereocenters. The van der Waals surface area contributed by atoms with Crippen LogP contribution in [0.2, 0.25) is 5.02 Å². The molecule has 3 heteroatoms. The van der Waals surface area contributed by atoms with E-state index in [1.165, 1.54) is 16.3 Å². The molecule has 0 saturated heterocycles. The van der Waals surface area contributed by atoms with Gasteiger partial charge in [-0.25, -0.2) is 4.99 Å². The van der Waals surface area contributed by atoms with Crippen molar-refractivity contribution >= 4 is 34.4 Å². The second-order valence-electron chi connectivity index (χ2n) is 5.88. The first-order valence-electron chi connectivity index (χ1n) is 8.17. The van der Waals surface area contributed by atoms with E-state index in [0.29, 0.717) is 0 Å². The molecule has 0 radical (unpaired) electrons. The molecule has 0 aliphatic heterocycles. The Kier molecular flexibility index (Phi) is 5.17. The fourth-order valence-electron chi connectivity index (χ4n) is 2.70. The van der Waals surface area contributed by atoms with E-state index < -0.39 is 0 Å². The largest absolute Gasteiger partial charge is 0.366 e. The minimum Gasteiger partial charge on any atom is -0.366 e. The van der Waals surface area contributed by atoms with Crippen molar-refractivity contribution < 1.29 is 0 Å². The molecular formula is C21H21ClN2. The van der Waals surface area contributed by atoms with Crippen LogP contribution in [0.15, 0.2) is 65.7 Å². The highest BCUT2D eigenvalue weighted by Crippen LogP contribution is 2.31. The monoisotopic (exact) mass is 336 g/mol. The van der Waals surface area contributed by atoms with E-state index in [9.17, 15) is 0 Å². The van der Waals surface area contributed by atoms with Crippen molar-refractivity contribution in [3.05, 3.63) is 76.8 Å². The second kappa shape index (κ2) is 7.50. The van der Waals surface area contributed by atoms with Gasteiger partial charge in [-0.15, -0.1) is 0 Å². The second-order valence-corrected chi connectivity index (χ2v) is 6.28. The molecule has 0 fully saturated rings. The maximum atomic E-state index is 6.33. The average molecular weight is 337 g/mol. The zero-order valence-corrected chi connectivity index (χ0v) is 14.8. The smallest absolute Gasteiger partial charge is 0.0909 e. The van der Waals surface area contributed by atoms with Gasteiger partial charge in [0.15, 0.2) is 0 Å². The minimum atomic E-state index is 0.813. The van der Waals surface area contributed by atoms with Crippen LogP contribution in [0, 0.1) is 0 Å². The van der Waals surface area contributed by atoms with Crippen LogP contribution in [-0.4, -0.2) is 24.8 Å². The van der Waals surface area contributed by atoms with Gasteiger partial charge in [0.25, 0.3) is 0 Å². The van der Waals surface area contributed by atoms with E-state index in [1.54, 1.807) is 0 Å². The molecular weight excluding hydrogens is 316 g/mol. The lowest BCUT2D eigenvalue weighted by Crippen LogP contribution is -2.14. The zero-order valence-electron chi connectivity index (χ0n) is 14.0. The number of hydrogen-bond acceptors (Lipinski definition) is 1. The van der Waals surface area contributed by atoms with Crippen molar-refractivity contribution in [3.8, 4) is 0 Å². The fourth-order valence-corrected chi connectivity index (χ4v) is 2.90. The van der Waals surface area contributed by atoms with Crippen LogP contribution in [0.5, 0.6) is 0 Å². The van der Waals surface area contributed by atoms with Gasteiger partial charge in [0.2, 0.25) is 0 Å². The van der Waals surface area contributed by atoms with Crippen LogP contribution in [0.3, 0.4) is 0 Å². The number of rotatable bonds is 5. The lowest BCUT2D eigenvalue weighted by molar-refractivity contribution is 0.552. The van der Waals surface area contributed by atoms with E-state index >= 15 is 0 Å². The highest BCUT2D eigenvalue weighted by molar-refractivity contribution is 6.31. The number of halogens is 1. The first kappa shape index (κ1) is 16.5. The molecule has 2 nitrogen and oxygen atoms in total. The molecule has 0 bridgehead atoms. The summed E-state index contributed by atoms with van der Waals surface area (Å²) in [5.74, 6) is 0. The molecule has 0 heterocycles. The first-order chi connectivity index (χ1) is 11.7. The third-order valence-corrected chi connectivity index (χ3v) is 4.59. The molecule has 0 aliphatic rings. The van der Waals surface area contributed by atoms with Gasteiger partial charge in [-0.3, -0.25) is 0 Å². The van der Waals surface area contributed by atoms with Crippen LogP contribution in [0.1, 0.15) is 18.1 Å². The van der Waals surface area contributed by atoms with Crippen LogP contribution >= 0.6 is 11.6 Å². The molecule has 0 saturated carbocycles. The molecule has 0 spiro atoms. The number of aliphatic imine (C=N–C) groups is 1. The summed E-state index contributed by atoms with van der Waals surface area (Å²) in [5.41, 5.74) is 3.40. The highest BCUT2D eigenvalue weighted by atomic mass is 35.5. The standard InChI is InChI=1S/C21H21ClN2/c1-3-24(2)15-23-21-13-12-16(18-9-5-6-10-19(18)21)14-17-8-4-7-11-20(17)22/h4-13,15H,3,14H2,1-2H3. The summed E-state index contributed by atoms with van der Waals surface area (Å²) in [6.45, 7) is 3.04. The predicted octanol–water partition coefficient (Wildman–Crippen LogP) is 5.70. The number of nitrogens with zero attached hydrogens (tertiary/aromatic N) is 2. The Hall–Kier alpha value is -2.32. The third-order valence-electron chi connectivity index (χ3n) is 4.22. The summed E-state index contributed by atoms with van der Waals surface area (Å²) in [4.78, 5) is 6.71. The van der Waals surface area contributed by atoms with Gasteiger partial charge in [-0.1, -0.05) is 60.1 Å². The Morgan fingerprint density at radius 1 is 0.917 bits per heavy atom. The minimum absolute atomic E-state index is 0.813. The summed E-state index contributed by atoms with van der Waals surface area (Å²) >= 11 is 6.33. The van der Waals surface area contributed by atoms with Gasteiger partial charge in [0, 0.05) is 24.0 Å². The normalized spacial score (nSPS) is 11.3. The van der Waals surface area contributed by atoms with Crippen LogP contribution in [0.4, 0.5) is 5.69 Å². The number of benzene rings is 3. The van der Waals surface area contributed by atoms with Crippen LogP contribution in [0.25, 0.3) is 10.8 Å². The van der Waals surface area contributed by atoms with Gasteiger partial charge in [-0.2, -0.15) is 0 Å². The van der Waals surface area contributed by atoms with Crippen molar-refractivity contribution in [3.63, 3.8) is 0 Å². The van der Waals surface area contributed by atoms with Crippen molar-refractivity contribution in [2.45, 2.75) is 13.3 Å². The van der Waals surface area contributed by atoms with Crippen LogP contribution < -0.4 is 0 Å². The van der Waals surface area contributed by atoms with Gasteiger partial charge in [-0.05, 0) is 42.0 Å². The van der Waals surface area contributed by atoms with Gasteiger partial charge < -0.3 is 4.90 Å². The topological polar surface area (TPSA) is 15.6 Å². The lowest BCUT2D eigenvalue weighted by atomic mass is 9.97. The van der Waals surface area contributed by atoms with E-state index in [0.717, 1.165) is 29.2 Å². The third kappa shape index (κ3) is 3.60. The lowest BCUT2D eigenvalue weighted by Gasteiger charge is -2.12. The van der Waals surface area contributed by atoms with Crippen molar-refractivity contribution in [1.29, 1.82) is 0 Å². The Morgan fingerprint density at radius 3 is 2.38 bits per heavy atom. The molecule has 122 valence electrons. The first-order valence-corrected chi connectivity index (χ1v) is 8.55. The van der Waals surface area contributed by atoms with E-state index in [4.69, 9.17) is 11.6 Å². The molecule has 0 N–H and O–H groups in total. The Labute approximate surface area is 148 Å². The van der Waals surface area contributed by atoms with Crippen LogP contribution in [-0.2, 0) is 6.42 Å². The summed E-state index contributed by atoms with van der Waals surface area (Å²) in [6, 6.07) is 20.7. The van der Waals surface area contributed by atoms with Gasteiger partial charge in [0.1, 0.15) is 0 Å². The summed E-state index contributed by atoms with van der Waals surface area (Å²) in [5, 5.41) is 3.21. The Morgan fingerprint density at radius 2 is 1.62 bits per heavy atom. The molecule has 0 aliphatic carbocycles. The summed E-state index contributed by atoms with van der Waals surface area (Å²) in [6.07, 6.45) is 2.70. The van der Waals surface area contributed by atoms with E-state index in [2.05, 4.69) is 59.3 Å². The Bertz CT molecular complexity index is 871. The van der Waals surface area contributed by atoms with E-state index in [-0.39, 0.29) is 0 Å². The Balaban J connectivity index is 2.02. The van der Waals surface area contributed by atoms with Crippen molar-refractivity contribution in [2.75, 3.05) is 13.6 Å². The molecule has 0 atom stereocenters. The molecule has 24 heavy (non-hydrogen) atoms. The van der Waals surface area contributed by atoms with E-state index in [1.807, 2.05) is 31.6 Å². The highest BCUT2D eigenvalue weighted by Gasteiger charge is 2.07. The molecule has 3 aromatic rings. The molecule has 0 amide bonds. The van der Waals surface area contributed by atoms with Crippen molar-refractivity contribution in [1.82, 2.24) is 4.90 Å². The van der Waals surface area contributed by atoms with Crippen molar-refractivity contribution in [2.24, 2.45) is 4.99 Å². The SMILES string of the molecule is CCN(C)C=Nc1ccc(Cc2ccccc2Cl)c2ccccc12. The molecule has 0 aromatic heterocycles. The summed E-state index contributed by atoms with van der Waals surface area (Å²) in [7, 11) is 2.03. The molecule has 3 aromatic carbocycles. The number of fused-ring (bicyclic) bond motifs is 1. The summed E-state index contributed by atoms with van der Waals surface area (Å²) < 4.78 is 0. The maximum absolute atomic E-state index is 6.33.